The predicted octanol–water partition coefficient (Wildman–Crippen LogP) is 0.880. The minimum Gasteiger partial charge on any atom is -0.479 e. The zero-order valence-electron chi connectivity index (χ0n) is 9.36. The number of nitrogens with one attached hydrogen (secondary N) is 2. The van der Waals surface area contributed by atoms with Crippen LogP contribution < -0.4 is 10.8 Å². The van der Waals surface area contributed by atoms with Gasteiger partial charge in [-0.15, -0.1) is 0 Å². The molecular formula is C10H18N2O4. The zero-order valence-corrected chi connectivity index (χ0v) is 9.36. The molecule has 0 saturated heterocycles. The lowest BCUT2D eigenvalue weighted by atomic mass is 10.0. The molecule has 1 fully saturated rings. The van der Waals surface area contributed by atoms with E-state index in [1.54, 1.807) is 0 Å². The number of urea groups is 1. The van der Waals surface area contributed by atoms with Crippen LogP contribution in [0.1, 0.15) is 32.6 Å². The number of carbonyl (C=O) groups is 2. The quantitative estimate of drug-likeness (QED) is 0.612. The van der Waals surface area contributed by atoms with E-state index in [0.717, 1.165) is 12.8 Å². The van der Waals surface area contributed by atoms with E-state index in [2.05, 4.69) is 10.2 Å². The molecule has 0 aromatic heterocycles. The molecule has 0 bridgehead atoms. The zero-order chi connectivity index (χ0) is 12.0. The Hall–Kier alpha value is -1.30. The predicted molar refractivity (Wildman–Crippen MR) is 56.7 cm³/mol. The van der Waals surface area contributed by atoms with Crippen LogP contribution in [-0.2, 0) is 9.63 Å². The van der Waals surface area contributed by atoms with Crippen molar-refractivity contribution in [3.63, 3.8) is 0 Å². The topological polar surface area (TPSA) is 87.7 Å². The van der Waals surface area contributed by atoms with Gasteiger partial charge in [0.05, 0.1) is 0 Å². The molecule has 1 aliphatic carbocycles. The van der Waals surface area contributed by atoms with Crippen molar-refractivity contribution >= 4 is 12.0 Å². The lowest BCUT2D eigenvalue weighted by molar-refractivity contribution is -0.144. The first-order chi connectivity index (χ1) is 7.59. The lowest BCUT2D eigenvalue weighted by Crippen LogP contribution is -2.44. The number of hydroxylamine groups is 1. The fraction of sp³-hybridized carbons (Fsp3) is 0.800. The van der Waals surface area contributed by atoms with Gasteiger partial charge in [-0.1, -0.05) is 12.8 Å². The van der Waals surface area contributed by atoms with Gasteiger partial charge in [0.25, 0.3) is 0 Å². The second-order valence-corrected chi connectivity index (χ2v) is 4.09. The Balaban J connectivity index is 2.15. The molecule has 1 saturated carbocycles. The molecule has 2 amide bonds. The summed E-state index contributed by atoms with van der Waals surface area (Å²) in [5, 5.41) is 11.0. The fourth-order valence-electron chi connectivity index (χ4n) is 1.97. The summed E-state index contributed by atoms with van der Waals surface area (Å²) >= 11 is 0. The smallest absolute Gasteiger partial charge is 0.338 e. The number of carboxylic acids is 1. The Morgan fingerprint density at radius 3 is 2.62 bits per heavy atom. The Kier molecular flexibility index (Phi) is 5.04. The maximum atomic E-state index is 11.3. The number of carboxylic acid groups (broad SMARTS) is 1. The minimum atomic E-state index is -1.12. The minimum absolute atomic E-state index is 0.0935. The number of carbonyl (C=O) groups excluding carboxylic acids is 1. The van der Waals surface area contributed by atoms with Crippen molar-refractivity contribution in [1.82, 2.24) is 10.8 Å². The SMILES string of the molecule is CC(NC(=O)NOCC(=O)O)C1CCCC1. The van der Waals surface area contributed by atoms with Crippen molar-refractivity contribution in [2.75, 3.05) is 6.61 Å². The van der Waals surface area contributed by atoms with Crippen LogP contribution >= 0.6 is 0 Å². The van der Waals surface area contributed by atoms with Gasteiger partial charge in [-0.2, -0.15) is 0 Å². The molecule has 0 radical (unpaired) electrons. The molecule has 0 heterocycles. The highest BCUT2D eigenvalue weighted by Gasteiger charge is 2.22. The standard InChI is InChI=1S/C10H18N2O4/c1-7(8-4-2-3-5-8)11-10(15)12-16-6-9(13)14/h7-8H,2-6H2,1H3,(H,13,14)(H2,11,12,15). The van der Waals surface area contributed by atoms with Crippen molar-refractivity contribution < 1.29 is 19.5 Å². The molecule has 0 aliphatic heterocycles. The van der Waals surface area contributed by atoms with Gasteiger partial charge in [0, 0.05) is 6.04 Å². The summed E-state index contributed by atoms with van der Waals surface area (Å²) in [6.45, 7) is 1.41. The van der Waals surface area contributed by atoms with Gasteiger partial charge in [0.1, 0.15) is 0 Å². The third-order valence-electron chi connectivity index (χ3n) is 2.83. The Morgan fingerprint density at radius 1 is 1.44 bits per heavy atom. The second-order valence-electron chi connectivity index (χ2n) is 4.09. The maximum Gasteiger partial charge on any atom is 0.338 e. The first kappa shape index (κ1) is 12.8. The summed E-state index contributed by atoms with van der Waals surface area (Å²) in [5.41, 5.74) is 2.04. The van der Waals surface area contributed by atoms with Gasteiger partial charge in [-0.3, -0.25) is 4.84 Å². The molecular weight excluding hydrogens is 212 g/mol. The van der Waals surface area contributed by atoms with E-state index < -0.39 is 18.6 Å². The summed E-state index contributed by atoms with van der Waals surface area (Å²) in [5.74, 6) is -0.602. The monoisotopic (exact) mass is 230 g/mol. The number of amides is 2. The fourth-order valence-corrected chi connectivity index (χ4v) is 1.97. The summed E-state index contributed by atoms with van der Waals surface area (Å²) in [7, 11) is 0. The van der Waals surface area contributed by atoms with E-state index >= 15 is 0 Å². The molecule has 1 atom stereocenters. The highest BCUT2D eigenvalue weighted by molar-refractivity contribution is 5.73. The average Bonchev–Trinajstić information content (AvgIpc) is 2.69. The largest absolute Gasteiger partial charge is 0.479 e. The summed E-state index contributed by atoms with van der Waals surface area (Å²) < 4.78 is 0. The van der Waals surface area contributed by atoms with Crippen molar-refractivity contribution in [3.05, 3.63) is 0 Å². The van der Waals surface area contributed by atoms with Crippen LogP contribution in [0.4, 0.5) is 4.79 Å². The molecule has 0 spiro atoms. The van der Waals surface area contributed by atoms with Crippen LogP contribution in [0.5, 0.6) is 0 Å². The molecule has 6 nitrogen and oxygen atoms in total. The van der Waals surface area contributed by atoms with Crippen LogP contribution in [0.25, 0.3) is 0 Å². The normalized spacial score (nSPS) is 18.1. The third kappa shape index (κ3) is 4.48. The number of aliphatic carboxylic acids is 1. The molecule has 1 rings (SSSR count). The highest BCUT2D eigenvalue weighted by atomic mass is 16.7. The van der Waals surface area contributed by atoms with Crippen LogP contribution in [0.15, 0.2) is 0 Å². The molecule has 0 aromatic rings. The van der Waals surface area contributed by atoms with Gasteiger partial charge in [0.15, 0.2) is 6.61 Å². The van der Waals surface area contributed by atoms with E-state index in [9.17, 15) is 9.59 Å². The maximum absolute atomic E-state index is 11.3. The Morgan fingerprint density at radius 2 is 2.06 bits per heavy atom. The first-order valence-corrected chi connectivity index (χ1v) is 5.49. The van der Waals surface area contributed by atoms with Crippen LogP contribution in [0, 0.1) is 5.92 Å². The average molecular weight is 230 g/mol. The molecule has 92 valence electrons. The van der Waals surface area contributed by atoms with E-state index in [-0.39, 0.29) is 6.04 Å². The molecule has 1 aliphatic rings. The Bertz CT molecular complexity index is 251. The third-order valence-corrected chi connectivity index (χ3v) is 2.83. The van der Waals surface area contributed by atoms with Crippen molar-refractivity contribution in [2.24, 2.45) is 5.92 Å². The first-order valence-electron chi connectivity index (χ1n) is 5.49. The highest BCUT2D eigenvalue weighted by Crippen LogP contribution is 2.27. The van der Waals surface area contributed by atoms with Gasteiger partial charge in [-0.05, 0) is 25.7 Å². The van der Waals surface area contributed by atoms with Crippen LogP contribution in [0.2, 0.25) is 0 Å². The second kappa shape index (κ2) is 6.32. The Labute approximate surface area is 94.3 Å². The van der Waals surface area contributed by atoms with E-state index in [1.807, 2.05) is 12.4 Å². The number of hydrogen-bond acceptors (Lipinski definition) is 3. The van der Waals surface area contributed by atoms with E-state index in [1.165, 1.54) is 12.8 Å². The van der Waals surface area contributed by atoms with Gasteiger partial charge in [0.2, 0.25) is 0 Å². The van der Waals surface area contributed by atoms with Crippen molar-refractivity contribution in [2.45, 2.75) is 38.6 Å². The van der Waals surface area contributed by atoms with Crippen molar-refractivity contribution in [1.29, 1.82) is 0 Å². The van der Waals surface area contributed by atoms with E-state index in [0.29, 0.717) is 5.92 Å². The molecule has 3 N–H and O–H groups in total. The number of rotatable bonds is 5. The summed E-state index contributed by atoms with van der Waals surface area (Å²) in [6.07, 6.45) is 4.70. The van der Waals surface area contributed by atoms with Crippen LogP contribution in [0.3, 0.4) is 0 Å². The molecule has 1 unspecified atom stereocenters. The number of hydrogen-bond donors (Lipinski definition) is 3. The van der Waals surface area contributed by atoms with Gasteiger partial charge in [-0.25, -0.2) is 15.1 Å². The van der Waals surface area contributed by atoms with Gasteiger partial charge >= 0.3 is 12.0 Å². The summed E-state index contributed by atoms with van der Waals surface area (Å²) in [6, 6.07) is -0.392. The molecule has 6 heteroatoms. The summed E-state index contributed by atoms with van der Waals surface area (Å²) in [4.78, 5) is 25.8. The van der Waals surface area contributed by atoms with Crippen molar-refractivity contribution in [3.8, 4) is 0 Å². The van der Waals surface area contributed by atoms with E-state index in [4.69, 9.17) is 5.11 Å². The molecule has 16 heavy (non-hydrogen) atoms. The molecule has 0 aromatic carbocycles. The van der Waals surface area contributed by atoms with Gasteiger partial charge < -0.3 is 10.4 Å². The van der Waals surface area contributed by atoms with Crippen LogP contribution in [-0.4, -0.2) is 29.8 Å². The lowest BCUT2D eigenvalue weighted by Gasteiger charge is -2.20.